The minimum atomic E-state index is -0.240. The van der Waals surface area contributed by atoms with Crippen molar-refractivity contribution in [3.05, 3.63) is 47.9 Å². The zero-order valence-electron chi connectivity index (χ0n) is 9.78. The van der Waals surface area contributed by atoms with E-state index < -0.39 is 0 Å². The largest absolute Gasteiger partial charge is 0.459 e. The number of rotatable bonds is 3. The molecule has 17 heavy (non-hydrogen) atoms. The van der Waals surface area contributed by atoms with Crippen LogP contribution >= 0.6 is 0 Å². The smallest absolute Gasteiger partial charge is 0.291 e. The van der Waals surface area contributed by atoms with Gasteiger partial charge in [-0.3, -0.25) is 4.79 Å². The minimum Gasteiger partial charge on any atom is -0.459 e. The van der Waals surface area contributed by atoms with E-state index >= 15 is 0 Å². The van der Waals surface area contributed by atoms with Crippen LogP contribution in [0.2, 0.25) is 0 Å². The second kappa shape index (κ2) is 4.74. The summed E-state index contributed by atoms with van der Waals surface area (Å²) in [7, 11) is 1.86. The summed E-state index contributed by atoms with van der Waals surface area (Å²) in [6, 6.07) is 9.06. The lowest BCUT2D eigenvalue weighted by atomic mass is 10.1. The van der Waals surface area contributed by atoms with Crippen LogP contribution in [0.15, 0.2) is 41.0 Å². The molecule has 88 valence electrons. The van der Waals surface area contributed by atoms with E-state index in [0.717, 1.165) is 16.9 Å². The second-order valence-corrected chi connectivity index (χ2v) is 3.71. The quantitative estimate of drug-likeness (QED) is 0.852. The fraction of sp³-hybridized carbons (Fsp3) is 0.154. The van der Waals surface area contributed by atoms with Gasteiger partial charge in [0.15, 0.2) is 5.76 Å². The van der Waals surface area contributed by atoms with E-state index in [0.29, 0.717) is 5.76 Å². The Hall–Kier alpha value is -2.23. The summed E-state index contributed by atoms with van der Waals surface area (Å²) in [5, 5.41) is 5.85. The first-order chi connectivity index (χ1) is 8.20. The summed E-state index contributed by atoms with van der Waals surface area (Å²) in [5.74, 6) is 0.0670. The Kier molecular flexibility index (Phi) is 3.14. The van der Waals surface area contributed by atoms with E-state index in [1.54, 1.807) is 12.1 Å². The molecule has 2 aromatic rings. The number of furan rings is 1. The molecule has 0 bridgehead atoms. The van der Waals surface area contributed by atoms with E-state index in [1.807, 2.05) is 32.2 Å². The number of carbonyl (C=O) groups is 1. The van der Waals surface area contributed by atoms with Crippen molar-refractivity contribution in [2.45, 2.75) is 6.92 Å². The molecule has 0 fully saturated rings. The van der Waals surface area contributed by atoms with Gasteiger partial charge in [-0.1, -0.05) is 0 Å². The van der Waals surface area contributed by atoms with Crippen LogP contribution in [0.1, 0.15) is 16.1 Å². The predicted octanol–water partition coefficient (Wildman–Crippen LogP) is 2.88. The van der Waals surface area contributed by atoms with Crippen LogP contribution in [0.25, 0.3) is 0 Å². The summed E-state index contributed by atoms with van der Waals surface area (Å²) in [5.41, 5.74) is 2.79. The van der Waals surface area contributed by atoms with E-state index in [-0.39, 0.29) is 5.91 Å². The first-order valence-corrected chi connectivity index (χ1v) is 5.34. The Morgan fingerprint density at radius 3 is 2.71 bits per heavy atom. The molecule has 2 N–H and O–H groups in total. The van der Waals surface area contributed by atoms with Gasteiger partial charge in [0.2, 0.25) is 0 Å². The van der Waals surface area contributed by atoms with Gasteiger partial charge in [-0.25, -0.2) is 0 Å². The molecule has 0 unspecified atom stereocenters. The van der Waals surface area contributed by atoms with Crippen molar-refractivity contribution < 1.29 is 9.21 Å². The number of anilines is 2. The molecule has 1 aromatic carbocycles. The van der Waals surface area contributed by atoms with Gasteiger partial charge in [0.05, 0.1) is 6.26 Å². The highest BCUT2D eigenvalue weighted by Crippen LogP contribution is 2.20. The summed E-state index contributed by atoms with van der Waals surface area (Å²) >= 11 is 0. The summed E-state index contributed by atoms with van der Waals surface area (Å²) < 4.78 is 5.03. The van der Waals surface area contributed by atoms with Gasteiger partial charge >= 0.3 is 0 Å². The van der Waals surface area contributed by atoms with Crippen LogP contribution in [0.4, 0.5) is 11.4 Å². The lowest BCUT2D eigenvalue weighted by Crippen LogP contribution is -2.11. The Balaban J connectivity index is 2.16. The lowest BCUT2D eigenvalue weighted by Gasteiger charge is -2.09. The third kappa shape index (κ3) is 2.47. The van der Waals surface area contributed by atoms with Crippen molar-refractivity contribution in [3.63, 3.8) is 0 Å². The highest BCUT2D eigenvalue weighted by atomic mass is 16.3. The second-order valence-electron chi connectivity index (χ2n) is 3.71. The highest BCUT2D eigenvalue weighted by molar-refractivity contribution is 6.02. The van der Waals surface area contributed by atoms with Crippen molar-refractivity contribution in [1.29, 1.82) is 0 Å². The van der Waals surface area contributed by atoms with Gasteiger partial charge < -0.3 is 15.1 Å². The van der Waals surface area contributed by atoms with Gasteiger partial charge in [0.25, 0.3) is 5.91 Å². The van der Waals surface area contributed by atoms with Crippen LogP contribution in [-0.2, 0) is 0 Å². The van der Waals surface area contributed by atoms with Gasteiger partial charge in [-0.05, 0) is 42.8 Å². The maximum absolute atomic E-state index is 11.8. The molecule has 0 aliphatic heterocycles. The highest BCUT2D eigenvalue weighted by Gasteiger charge is 2.09. The molecule has 0 spiro atoms. The molecule has 2 rings (SSSR count). The molecular formula is C13H14N2O2. The number of benzene rings is 1. The number of hydrogen-bond acceptors (Lipinski definition) is 3. The molecule has 0 saturated heterocycles. The fourth-order valence-electron chi connectivity index (χ4n) is 1.55. The molecule has 0 aliphatic carbocycles. The average Bonchev–Trinajstić information content (AvgIpc) is 2.85. The van der Waals surface area contributed by atoms with Crippen LogP contribution in [-0.4, -0.2) is 13.0 Å². The van der Waals surface area contributed by atoms with Crippen LogP contribution in [0, 0.1) is 6.92 Å². The first kappa shape index (κ1) is 11.3. The van der Waals surface area contributed by atoms with E-state index in [4.69, 9.17) is 4.42 Å². The third-order valence-electron chi connectivity index (χ3n) is 2.51. The predicted molar refractivity (Wildman–Crippen MR) is 67.4 cm³/mol. The van der Waals surface area contributed by atoms with E-state index in [1.165, 1.54) is 6.26 Å². The van der Waals surface area contributed by atoms with Crippen LogP contribution in [0.5, 0.6) is 0 Å². The third-order valence-corrected chi connectivity index (χ3v) is 2.51. The summed E-state index contributed by atoms with van der Waals surface area (Å²) in [6.45, 7) is 1.94. The topological polar surface area (TPSA) is 54.3 Å². The Morgan fingerprint density at radius 1 is 1.29 bits per heavy atom. The molecule has 0 aliphatic rings. The molecule has 0 saturated carbocycles. The Bertz CT molecular complexity index is 518. The fourth-order valence-corrected chi connectivity index (χ4v) is 1.55. The number of amides is 1. The molecule has 1 amide bonds. The van der Waals surface area contributed by atoms with Crippen molar-refractivity contribution in [3.8, 4) is 0 Å². The van der Waals surface area contributed by atoms with Gasteiger partial charge in [-0.15, -0.1) is 0 Å². The monoisotopic (exact) mass is 230 g/mol. The molecule has 1 aromatic heterocycles. The molecule has 0 radical (unpaired) electrons. The SMILES string of the molecule is CNc1ccc(NC(=O)c2ccco2)c(C)c1. The number of nitrogens with one attached hydrogen (secondary N) is 2. The molecular weight excluding hydrogens is 216 g/mol. The van der Waals surface area contributed by atoms with Crippen molar-refractivity contribution in [1.82, 2.24) is 0 Å². The van der Waals surface area contributed by atoms with E-state index in [9.17, 15) is 4.79 Å². The number of hydrogen-bond donors (Lipinski definition) is 2. The lowest BCUT2D eigenvalue weighted by molar-refractivity contribution is 0.0996. The molecule has 1 heterocycles. The molecule has 0 atom stereocenters. The summed E-state index contributed by atoms with van der Waals surface area (Å²) in [4.78, 5) is 11.8. The summed E-state index contributed by atoms with van der Waals surface area (Å²) in [6.07, 6.45) is 1.48. The van der Waals surface area contributed by atoms with Crippen LogP contribution < -0.4 is 10.6 Å². The van der Waals surface area contributed by atoms with Gasteiger partial charge in [-0.2, -0.15) is 0 Å². The number of carbonyl (C=O) groups excluding carboxylic acids is 1. The van der Waals surface area contributed by atoms with E-state index in [2.05, 4.69) is 10.6 Å². The number of aryl methyl sites for hydroxylation is 1. The minimum absolute atomic E-state index is 0.240. The molecule has 4 nitrogen and oxygen atoms in total. The zero-order chi connectivity index (χ0) is 12.3. The van der Waals surface area contributed by atoms with Crippen molar-refractivity contribution >= 4 is 17.3 Å². The van der Waals surface area contributed by atoms with Gasteiger partial charge in [0.1, 0.15) is 0 Å². The van der Waals surface area contributed by atoms with Crippen molar-refractivity contribution in [2.24, 2.45) is 0 Å². The average molecular weight is 230 g/mol. The maximum Gasteiger partial charge on any atom is 0.291 e. The maximum atomic E-state index is 11.8. The Morgan fingerprint density at radius 2 is 2.12 bits per heavy atom. The van der Waals surface area contributed by atoms with Crippen LogP contribution in [0.3, 0.4) is 0 Å². The first-order valence-electron chi connectivity index (χ1n) is 5.34. The van der Waals surface area contributed by atoms with Gasteiger partial charge in [0, 0.05) is 18.4 Å². The molecule has 4 heteroatoms. The zero-order valence-corrected chi connectivity index (χ0v) is 9.78. The standard InChI is InChI=1S/C13H14N2O2/c1-9-8-10(14-2)5-6-11(9)15-13(16)12-4-3-7-17-12/h3-8,14H,1-2H3,(H,15,16). The Labute approximate surface area is 99.6 Å². The normalized spacial score (nSPS) is 10.0. The van der Waals surface area contributed by atoms with Crippen molar-refractivity contribution in [2.75, 3.05) is 17.7 Å².